The zero-order valence-corrected chi connectivity index (χ0v) is 21.5. The van der Waals surface area contributed by atoms with E-state index in [1.165, 1.54) is 24.1 Å². The molecule has 0 fully saturated rings. The molecule has 1 atom stereocenters. The third-order valence-electron chi connectivity index (χ3n) is 5.05. The average Bonchev–Trinajstić information content (AvgIpc) is 2.71. The molecule has 180 valence electrons. The first kappa shape index (κ1) is 26.8. The van der Waals surface area contributed by atoms with Gasteiger partial charge in [-0.2, -0.15) is 4.31 Å². The highest BCUT2D eigenvalue weighted by molar-refractivity contribution is 7.89. The Morgan fingerprint density at radius 2 is 1.64 bits per heavy atom. The van der Waals surface area contributed by atoms with Crippen LogP contribution in [0.5, 0.6) is 0 Å². The lowest BCUT2D eigenvalue weighted by molar-refractivity contribution is -0.141. The predicted octanol–water partition coefficient (Wildman–Crippen LogP) is 3.60. The van der Waals surface area contributed by atoms with Gasteiger partial charge in [-0.05, 0) is 58.4 Å². The lowest BCUT2D eigenvalue weighted by Crippen LogP contribution is -2.54. The Kier molecular flexibility index (Phi) is 8.68. The summed E-state index contributed by atoms with van der Waals surface area (Å²) in [6.45, 7) is 8.66. The van der Waals surface area contributed by atoms with Crippen molar-refractivity contribution in [2.75, 3.05) is 13.6 Å². The van der Waals surface area contributed by atoms with E-state index in [0.29, 0.717) is 10.6 Å². The summed E-state index contributed by atoms with van der Waals surface area (Å²) < 4.78 is 26.9. The molecule has 2 aromatic rings. The van der Waals surface area contributed by atoms with Gasteiger partial charge in [0.25, 0.3) is 0 Å². The Balaban J connectivity index is 2.31. The minimum atomic E-state index is -3.88. The predicted molar refractivity (Wildman–Crippen MR) is 130 cm³/mol. The van der Waals surface area contributed by atoms with Crippen LogP contribution < -0.4 is 5.32 Å². The maximum absolute atomic E-state index is 13.3. The number of carbonyl (C=O) groups is 2. The van der Waals surface area contributed by atoms with Crippen LogP contribution >= 0.6 is 11.6 Å². The number of halogens is 1. The molecule has 0 unspecified atom stereocenters. The van der Waals surface area contributed by atoms with E-state index in [4.69, 9.17) is 11.6 Å². The molecule has 0 heterocycles. The Hall–Kier alpha value is -2.42. The van der Waals surface area contributed by atoms with Crippen molar-refractivity contribution in [3.05, 3.63) is 64.7 Å². The van der Waals surface area contributed by atoms with Gasteiger partial charge in [0.2, 0.25) is 21.8 Å². The van der Waals surface area contributed by atoms with E-state index in [1.807, 2.05) is 27.7 Å². The van der Waals surface area contributed by atoms with E-state index in [9.17, 15) is 18.0 Å². The number of aryl methyl sites for hydroxylation is 1. The standard InChI is InChI=1S/C24H32ClN3O4S/c1-17-11-13-20(14-12-17)33(31,32)27(6)16-22(29)28(15-19-9-7-8-10-21(19)25)18(2)23(30)26-24(3,4)5/h7-14,18H,15-16H2,1-6H3,(H,26,30)/t18-/m0/s1. The number of nitrogens with one attached hydrogen (secondary N) is 1. The molecule has 0 aliphatic rings. The summed E-state index contributed by atoms with van der Waals surface area (Å²) in [5.41, 5.74) is 1.10. The molecule has 0 radical (unpaired) electrons. The lowest BCUT2D eigenvalue weighted by atomic mass is 10.1. The van der Waals surface area contributed by atoms with Crippen molar-refractivity contribution in [1.29, 1.82) is 0 Å². The third kappa shape index (κ3) is 7.28. The number of amides is 2. The Morgan fingerprint density at radius 1 is 1.06 bits per heavy atom. The molecule has 9 heteroatoms. The van der Waals surface area contributed by atoms with E-state index in [2.05, 4.69) is 5.32 Å². The number of nitrogens with zero attached hydrogens (tertiary/aromatic N) is 2. The molecule has 0 saturated heterocycles. The van der Waals surface area contributed by atoms with Crippen molar-refractivity contribution < 1.29 is 18.0 Å². The van der Waals surface area contributed by atoms with Gasteiger partial charge in [-0.3, -0.25) is 9.59 Å². The second kappa shape index (κ2) is 10.7. The summed E-state index contributed by atoms with van der Waals surface area (Å²) in [5.74, 6) is -0.850. The molecule has 0 spiro atoms. The van der Waals surface area contributed by atoms with Crippen LogP contribution in [0.1, 0.15) is 38.8 Å². The van der Waals surface area contributed by atoms with Crippen molar-refractivity contribution in [3.63, 3.8) is 0 Å². The molecule has 33 heavy (non-hydrogen) atoms. The van der Waals surface area contributed by atoms with Gasteiger partial charge in [-0.1, -0.05) is 47.5 Å². The molecule has 0 aliphatic carbocycles. The second-order valence-corrected chi connectivity index (χ2v) is 11.6. The van der Waals surface area contributed by atoms with Crippen LogP contribution in [-0.4, -0.2) is 54.6 Å². The van der Waals surface area contributed by atoms with E-state index in [-0.39, 0.29) is 17.3 Å². The highest BCUT2D eigenvalue weighted by Gasteiger charge is 2.31. The lowest BCUT2D eigenvalue weighted by Gasteiger charge is -2.32. The minimum absolute atomic E-state index is 0.0651. The summed E-state index contributed by atoms with van der Waals surface area (Å²) in [5, 5.41) is 3.33. The van der Waals surface area contributed by atoms with Crippen LogP contribution in [0.25, 0.3) is 0 Å². The van der Waals surface area contributed by atoms with Crippen LogP contribution in [0, 0.1) is 6.92 Å². The molecule has 7 nitrogen and oxygen atoms in total. The van der Waals surface area contributed by atoms with Gasteiger partial charge in [0.15, 0.2) is 0 Å². The molecule has 1 N–H and O–H groups in total. The van der Waals surface area contributed by atoms with Gasteiger partial charge in [0.05, 0.1) is 11.4 Å². The highest BCUT2D eigenvalue weighted by Crippen LogP contribution is 2.20. The Morgan fingerprint density at radius 3 is 2.18 bits per heavy atom. The van der Waals surface area contributed by atoms with Gasteiger partial charge in [0, 0.05) is 24.2 Å². The van der Waals surface area contributed by atoms with Crippen molar-refractivity contribution in [1.82, 2.24) is 14.5 Å². The smallest absolute Gasteiger partial charge is 0.243 e. The second-order valence-electron chi connectivity index (χ2n) is 9.10. The summed E-state index contributed by atoms with van der Waals surface area (Å²) in [6.07, 6.45) is 0. The average molecular weight is 494 g/mol. The van der Waals surface area contributed by atoms with Gasteiger partial charge < -0.3 is 10.2 Å². The molecule has 2 amide bonds. The summed E-state index contributed by atoms with van der Waals surface area (Å²) >= 11 is 6.29. The van der Waals surface area contributed by atoms with E-state index >= 15 is 0 Å². The largest absolute Gasteiger partial charge is 0.350 e. The molecular weight excluding hydrogens is 462 g/mol. The minimum Gasteiger partial charge on any atom is -0.350 e. The van der Waals surface area contributed by atoms with Gasteiger partial charge in [-0.25, -0.2) is 8.42 Å². The van der Waals surface area contributed by atoms with Crippen molar-refractivity contribution in [2.24, 2.45) is 0 Å². The molecular formula is C24H32ClN3O4S. The fourth-order valence-electron chi connectivity index (χ4n) is 3.12. The van der Waals surface area contributed by atoms with Crippen LogP contribution in [0.2, 0.25) is 5.02 Å². The topological polar surface area (TPSA) is 86.8 Å². The van der Waals surface area contributed by atoms with Crippen LogP contribution in [0.3, 0.4) is 0 Å². The maximum atomic E-state index is 13.3. The molecule has 0 aromatic heterocycles. The van der Waals surface area contributed by atoms with Crippen molar-refractivity contribution in [3.8, 4) is 0 Å². The molecule has 0 saturated carbocycles. The van der Waals surface area contributed by atoms with Crippen molar-refractivity contribution in [2.45, 2.75) is 57.6 Å². The van der Waals surface area contributed by atoms with Crippen molar-refractivity contribution >= 4 is 33.4 Å². The summed E-state index contributed by atoms with van der Waals surface area (Å²) in [4.78, 5) is 27.6. The Bertz CT molecular complexity index is 1100. The SMILES string of the molecule is Cc1ccc(S(=O)(=O)N(C)CC(=O)N(Cc2ccccc2Cl)[C@@H](C)C(=O)NC(C)(C)C)cc1. The number of carbonyl (C=O) groups excluding carboxylic acids is 2. The number of sulfonamides is 1. The molecule has 2 rings (SSSR count). The van der Waals surface area contributed by atoms with Crippen LogP contribution in [0.15, 0.2) is 53.4 Å². The Labute approximate surface area is 201 Å². The maximum Gasteiger partial charge on any atom is 0.243 e. The van der Waals surface area contributed by atoms with Crippen LogP contribution in [-0.2, 0) is 26.2 Å². The fraction of sp³-hybridized carbons (Fsp3) is 0.417. The molecule has 2 aromatic carbocycles. The zero-order valence-electron chi connectivity index (χ0n) is 19.9. The normalized spacial score (nSPS) is 13.0. The molecule has 0 aliphatic heterocycles. The number of hydrogen-bond acceptors (Lipinski definition) is 4. The highest BCUT2D eigenvalue weighted by atomic mass is 35.5. The summed E-state index contributed by atoms with van der Waals surface area (Å²) in [7, 11) is -2.53. The number of benzene rings is 2. The first-order valence-corrected chi connectivity index (χ1v) is 12.4. The van der Waals surface area contributed by atoms with Gasteiger partial charge in [-0.15, -0.1) is 0 Å². The fourth-order valence-corrected chi connectivity index (χ4v) is 4.44. The summed E-state index contributed by atoms with van der Waals surface area (Å²) in [6, 6.07) is 12.6. The van der Waals surface area contributed by atoms with E-state index in [1.54, 1.807) is 43.3 Å². The first-order valence-electron chi connectivity index (χ1n) is 10.6. The molecule has 0 bridgehead atoms. The quantitative estimate of drug-likeness (QED) is 0.608. The van der Waals surface area contributed by atoms with Gasteiger partial charge >= 0.3 is 0 Å². The number of hydrogen-bond donors (Lipinski definition) is 1. The zero-order chi connectivity index (χ0) is 25.0. The first-order chi connectivity index (χ1) is 15.2. The third-order valence-corrected chi connectivity index (χ3v) is 7.24. The monoisotopic (exact) mass is 493 g/mol. The number of rotatable bonds is 8. The van der Waals surface area contributed by atoms with Crippen LogP contribution in [0.4, 0.5) is 0 Å². The number of likely N-dealkylation sites (N-methyl/N-ethyl adjacent to an activating group) is 1. The van der Waals surface area contributed by atoms with E-state index < -0.39 is 34.1 Å². The van der Waals surface area contributed by atoms with E-state index in [0.717, 1.165) is 9.87 Å². The van der Waals surface area contributed by atoms with Gasteiger partial charge in [0.1, 0.15) is 6.04 Å².